The monoisotopic (exact) mass is 222 g/mol. The molecule has 5 heteroatoms. The number of hydrogen-bond acceptors (Lipinski definition) is 3. The third kappa shape index (κ3) is 2.53. The molecular formula is C11H18N4O. The lowest BCUT2D eigenvalue weighted by Crippen LogP contribution is -2.26. The summed E-state index contributed by atoms with van der Waals surface area (Å²) < 4.78 is 1.67. The highest BCUT2D eigenvalue weighted by molar-refractivity contribution is 5.96. The summed E-state index contributed by atoms with van der Waals surface area (Å²) in [6, 6.07) is 0. The molecule has 16 heavy (non-hydrogen) atoms. The summed E-state index contributed by atoms with van der Waals surface area (Å²) in [4.78, 5) is 11.7. The number of hydrogen-bond donors (Lipinski definition) is 2. The molecule has 0 atom stereocenters. The molecule has 88 valence electrons. The lowest BCUT2D eigenvalue weighted by molar-refractivity contribution is 0.0947. The van der Waals surface area contributed by atoms with Crippen LogP contribution in [0, 0.1) is 5.92 Å². The Morgan fingerprint density at radius 2 is 2.44 bits per heavy atom. The molecule has 1 amide bonds. The SMILES string of the molecule is CCn1cc(N)c(C(=O)NCCC2CC2)n1. The molecule has 0 saturated heterocycles. The molecule has 0 radical (unpaired) electrons. The van der Waals surface area contributed by atoms with Crippen LogP contribution in [0.5, 0.6) is 0 Å². The fourth-order valence-electron chi connectivity index (χ4n) is 1.66. The first kappa shape index (κ1) is 11.0. The van der Waals surface area contributed by atoms with Gasteiger partial charge < -0.3 is 11.1 Å². The molecule has 1 aromatic rings. The molecule has 0 spiro atoms. The number of nitrogens with zero attached hydrogens (tertiary/aromatic N) is 2. The van der Waals surface area contributed by atoms with Crippen molar-refractivity contribution in [3.05, 3.63) is 11.9 Å². The van der Waals surface area contributed by atoms with Gasteiger partial charge in [0.2, 0.25) is 0 Å². The minimum absolute atomic E-state index is 0.162. The largest absolute Gasteiger partial charge is 0.396 e. The van der Waals surface area contributed by atoms with E-state index in [9.17, 15) is 4.79 Å². The average molecular weight is 222 g/mol. The summed E-state index contributed by atoms with van der Waals surface area (Å²) in [6.45, 7) is 3.41. The molecule has 1 aliphatic rings. The van der Waals surface area contributed by atoms with Crippen molar-refractivity contribution in [3.8, 4) is 0 Å². The summed E-state index contributed by atoms with van der Waals surface area (Å²) in [6.07, 6.45) is 5.38. The van der Waals surface area contributed by atoms with Crippen molar-refractivity contribution in [2.75, 3.05) is 12.3 Å². The maximum absolute atomic E-state index is 11.7. The van der Waals surface area contributed by atoms with Crippen LogP contribution in [0.2, 0.25) is 0 Å². The van der Waals surface area contributed by atoms with E-state index in [-0.39, 0.29) is 5.91 Å². The van der Waals surface area contributed by atoms with Crippen LogP contribution >= 0.6 is 0 Å². The highest BCUT2D eigenvalue weighted by Crippen LogP contribution is 2.31. The molecule has 2 rings (SSSR count). The fraction of sp³-hybridized carbons (Fsp3) is 0.636. The number of aryl methyl sites for hydroxylation is 1. The van der Waals surface area contributed by atoms with Gasteiger partial charge in [0.25, 0.3) is 5.91 Å². The van der Waals surface area contributed by atoms with Crippen molar-refractivity contribution in [1.82, 2.24) is 15.1 Å². The van der Waals surface area contributed by atoms with Gasteiger partial charge in [-0.2, -0.15) is 5.10 Å². The van der Waals surface area contributed by atoms with Gasteiger partial charge in [0.1, 0.15) is 0 Å². The van der Waals surface area contributed by atoms with E-state index < -0.39 is 0 Å². The predicted octanol–water partition coefficient (Wildman–Crippen LogP) is 1.02. The molecule has 0 bridgehead atoms. The van der Waals surface area contributed by atoms with Gasteiger partial charge >= 0.3 is 0 Å². The van der Waals surface area contributed by atoms with Crippen LogP contribution < -0.4 is 11.1 Å². The number of amides is 1. The summed E-state index contributed by atoms with van der Waals surface area (Å²) >= 11 is 0. The van der Waals surface area contributed by atoms with Gasteiger partial charge in [-0.3, -0.25) is 9.48 Å². The minimum atomic E-state index is -0.162. The number of nitrogens with two attached hydrogens (primary N) is 1. The van der Waals surface area contributed by atoms with Crippen LogP contribution in [0.1, 0.15) is 36.7 Å². The van der Waals surface area contributed by atoms with Gasteiger partial charge in [-0.1, -0.05) is 12.8 Å². The number of nitrogen functional groups attached to an aromatic ring is 1. The van der Waals surface area contributed by atoms with Gasteiger partial charge in [0.05, 0.1) is 5.69 Å². The number of carbonyl (C=O) groups is 1. The normalized spacial score (nSPS) is 15.1. The van der Waals surface area contributed by atoms with Crippen LogP contribution in [0.4, 0.5) is 5.69 Å². The molecule has 1 aliphatic carbocycles. The highest BCUT2D eigenvalue weighted by Gasteiger charge is 2.21. The molecule has 0 aromatic carbocycles. The zero-order chi connectivity index (χ0) is 11.5. The van der Waals surface area contributed by atoms with Crippen LogP contribution in [0.25, 0.3) is 0 Å². The van der Waals surface area contributed by atoms with Crippen molar-refractivity contribution in [2.24, 2.45) is 5.92 Å². The quantitative estimate of drug-likeness (QED) is 0.781. The highest BCUT2D eigenvalue weighted by atomic mass is 16.1. The number of carbonyl (C=O) groups excluding carboxylic acids is 1. The standard InChI is InChI=1S/C11H18N4O/c1-2-15-7-9(12)10(14-15)11(16)13-6-5-8-3-4-8/h7-8H,2-6,12H2,1H3,(H,13,16). The van der Waals surface area contributed by atoms with Gasteiger partial charge in [0.15, 0.2) is 5.69 Å². The number of nitrogens with one attached hydrogen (secondary N) is 1. The van der Waals surface area contributed by atoms with Crippen molar-refractivity contribution >= 4 is 11.6 Å². The Labute approximate surface area is 95.0 Å². The summed E-state index contributed by atoms with van der Waals surface area (Å²) in [5, 5.41) is 6.97. The zero-order valence-corrected chi connectivity index (χ0v) is 9.57. The van der Waals surface area contributed by atoms with E-state index in [0.29, 0.717) is 11.4 Å². The Bertz CT molecular complexity index is 381. The predicted molar refractivity (Wildman–Crippen MR) is 62.0 cm³/mol. The van der Waals surface area contributed by atoms with Gasteiger partial charge in [-0.25, -0.2) is 0 Å². The van der Waals surface area contributed by atoms with E-state index in [1.807, 2.05) is 6.92 Å². The summed E-state index contributed by atoms with van der Waals surface area (Å²) in [7, 11) is 0. The maximum atomic E-state index is 11.7. The number of aromatic nitrogens is 2. The molecular weight excluding hydrogens is 204 g/mol. The fourth-order valence-corrected chi connectivity index (χ4v) is 1.66. The average Bonchev–Trinajstić information content (AvgIpc) is 3.00. The Hall–Kier alpha value is -1.52. The first-order valence-corrected chi connectivity index (χ1v) is 5.81. The first-order valence-electron chi connectivity index (χ1n) is 5.81. The first-order chi connectivity index (χ1) is 7.70. The second-order valence-electron chi connectivity index (χ2n) is 4.28. The molecule has 1 heterocycles. The van der Waals surface area contributed by atoms with Crippen molar-refractivity contribution in [2.45, 2.75) is 32.7 Å². The summed E-state index contributed by atoms with van der Waals surface area (Å²) in [5.74, 6) is 0.663. The Morgan fingerprint density at radius 1 is 1.69 bits per heavy atom. The van der Waals surface area contributed by atoms with E-state index in [2.05, 4.69) is 10.4 Å². The smallest absolute Gasteiger partial charge is 0.273 e. The molecule has 3 N–H and O–H groups in total. The molecule has 1 fully saturated rings. The van der Waals surface area contributed by atoms with Crippen LogP contribution in [0.15, 0.2) is 6.20 Å². The lowest BCUT2D eigenvalue weighted by atomic mass is 10.3. The Morgan fingerprint density at radius 3 is 3.00 bits per heavy atom. The van der Waals surface area contributed by atoms with E-state index >= 15 is 0 Å². The second kappa shape index (κ2) is 4.55. The van der Waals surface area contributed by atoms with E-state index in [1.54, 1.807) is 10.9 Å². The van der Waals surface area contributed by atoms with Crippen LogP contribution in [-0.4, -0.2) is 22.2 Å². The van der Waals surface area contributed by atoms with Gasteiger partial charge in [0, 0.05) is 19.3 Å². The van der Waals surface area contributed by atoms with E-state index in [4.69, 9.17) is 5.73 Å². The molecule has 1 aromatic heterocycles. The van der Waals surface area contributed by atoms with Crippen LogP contribution in [0.3, 0.4) is 0 Å². The van der Waals surface area contributed by atoms with E-state index in [1.165, 1.54) is 12.8 Å². The zero-order valence-electron chi connectivity index (χ0n) is 9.57. The summed E-state index contributed by atoms with van der Waals surface area (Å²) in [5.41, 5.74) is 6.51. The van der Waals surface area contributed by atoms with Crippen LogP contribution in [-0.2, 0) is 6.54 Å². The molecule has 0 unspecified atom stereocenters. The molecule has 5 nitrogen and oxygen atoms in total. The molecule has 1 saturated carbocycles. The number of rotatable bonds is 5. The molecule has 0 aliphatic heterocycles. The number of anilines is 1. The van der Waals surface area contributed by atoms with Gasteiger partial charge in [-0.15, -0.1) is 0 Å². The Balaban J connectivity index is 1.88. The third-order valence-corrected chi connectivity index (χ3v) is 2.86. The Kier molecular flexibility index (Phi) is 3.12. The van der Waals surface area contributed by atoms with Crippen molar-refractivity contribution in [1.29, 1.82) is 0 Å². The lowest BCUT2D eigenvalue weighted by Gasteiger charge is -2.02. The maximum Gasteiger partial charge on any atom is 0.273 e. The minimum Gasteiger partial charge on any atom is -0.396 e. The second-order valence-corrected chi connectivity index (χ2v) is 4.28. The topological polar surface area (TPSA) is 72.9 Å². The van der Waals surface area contributed by atoms with E-state index in [0.717, 1.165) is 25.4 Å². The third-order valence-electron chi connectivity index (χ3n) is 2.86. The van der Waals surface area contributed by atoms with Crippen molar-refractivity contribution < 1.29 is 4.79 Å². The van der Waals surface area contributed by atoms with Crippen molar-refractivity contribution in [3.63, 3.8) is 0 Å². The van der Waals surface area contributed by atoms with Gasteiger partial charge in [-0.05, 0) is 19.3 Å².